The lowest BCUT2D eigenvalue weighted by molar-refractivity contribution is 0.301. The van der Waals surface area contributed by atoms with Gasteiger partial charge in [-0.15, -0.1) is 0 Å². The van der Waals surface area contributed by atoms with Crippen molar-refractivity contribution in [1.29, 1.82) is 0 Å². The Kier molecular flexibility index (Phi) is 4.05. The highest BCUT2D eigenvalue weighted by Gasteiger charge is 2.06. The van der Waals surface area contributed by atoms with E-state index in [-0.39, 0.29) is 0 Å². The van der Waals surface area contributed by atoms with E-state index in [1.54, 1.807) is 6.20 Å². The topological polar surface area (TPSA) is 34.1 Å². The van der Waals surface area contributed by atoms with E-state index in [4.69, 9.17) is 4.74 Å². The molecule has 0 aliphatic rings. The number of nitrogens with one attached hydrogen (secondary N) is 1. The molecule has 3 nitrogen and oxygen atoms in total. The van der Waals surface area contributed by atoms with Crippen LogP contribution in [0, 0.1) is 20.8 Å². The molecule has 2 rings (SSSR count). The summed E-state index contributed by atoms with van der Waals surface area (Å²) in [6.45, 7) is 6.84. The molecular weight excluding hydrogens is 236 g/mol. The van der Waals surface area contributed by atoms with Crippen LogP contribution in [0.3, 0.4) is 0 Å². The summed E-state index contributed by atoms with van der Waals surface area (Å²) in [6, 6.07) is 8.20. The quantitative estimate of drug-likeness (QED) is 0.907. The van der Waals surface area contributed by atoms with Gasteiger partial charge in [-0.3, -0.25) is 0 Å². The fraction of sp³-hybridized carbons (Fsp3) is 0.312. The smallest absolute Gasteiger partial charge is 0.126 e. The Morgan fingerprint density at radius 1 is 1.11 bits per heavy atom. The SMILES string of the molecule is CNc1cc(COc2c(C)ccc(C)c2C)ccn1. The van der Waals surface area contributed by atoms with Crippen molar-refractivity contribution >= 4 is 5.82 Å². The second-order valence-electron chi connectivity index (χ2n) is 4.74. The molecule has 0 aliphatic heterocycles. The third kappa shape index (κ3) is 3.05. The van der Waals surface area contributed by atoms with E-state index in [1.807, 2.05) is 19.2 Å². The zero-order valence-electron chi connectivity index (χ0n) is 11.9. The highest BCUT2D eigenvalue weighted by molar-refractivity contribution is 5.45. The van der Waals surface area contributed by atoms with Crippen LogP contribution in [0.4, 0.5) is 5.82 Å². The minimum Gasteiger partial charge on any atom is -0.488 e. The van der Waals surface area contributed by atoms with Gasteiger partial charge in [0.1, 0.15) is 18.2 Å². The zero-order valence-corrected chi connectivity index (χ0v) is 11.9. The molecule has 100 valence electrons. The van der Waals surface area contributed by atoms with Gasteiger partial charge in [-0.25, -0.2) is 4.98 Å². The molecule has 1 heterocycles. The average molecular weight is 256 g/mol. The summed E-state index contributed by atoms with van der Waals surface area (Å²) in [6.07, 6.45) is 1.79. The van der Waals surface area contributed by atoms with Crippen molar-refractivity contribution in [2.24, 2.45) is 0 Å². The Hall–Kier alpha value is -2.03. The van der Waals surface area contributed by atoms with Gasteiger partial charge in [0.25, 0.3) is 0 Å². The van der Waals surface area contributed by atoms with Crippen LogP contribution in [-0.2, 0) is 6.61 Å². The second kappa shape index (κ2) is 5.74. The molecular formula is C16H20N2O. The lowest BCUT2D eigenvalue weighted by atomic mass is 10.1. The summed E-state index contributed by atoms with van der Waals surface area (Å²) in [5.41, 5.74) is 4.75. The number of hydrogen-bond acceptors (Lipinski definition) is 3. The summed E-state index contributed by atoms with van der Waals surface area (Å²) >= 11 is 0. The average Bonchev–Trinajstić information content (AvgIpc) is 2.43. The highest BCUT2D eigenvalue weighted by atomic mass is 16.5. The van der Waals surface area contributed by atoms with Crippen molar-refractivity contribution in [2.45, 2.75) is 27.4 Å². The molecule has 0 aliphatic carbocycles. The van der Waals surface area contributed by atoms with Gasteiger partial charge < -0.3 is 10.1 Å². The van der Waals surface area contributed by atoms with Crippen LogP contribution >= 0.6 is 0 Å². The number of benzene rings is 1. The normalized spacial score (nSPS) is 10.3. The first-order valence-corrected chi connectivity index (χ1v) is 6.44. The van der Waals surface area contributed by atoms with Crippen LogP contribution in [0.2, 0.25) is 0 Å². The molecule has 0 bridgehead atoms. The van der Waals surface area contributed by atoms with Crippen molar-refractivity contribution in [1.82, 2.24) is 4.98 Å². The van der Waals surface area contributed by atoms with Gasteiger partial charge >= 0.3 is 0 Å². The molecule has 0 radical (unpaired) electrons. The van der Waals surface area contributed by atoms with Gasteiger partial charge in [0.05, 0.1) is 0 Å². The Labute approximate surface area is 114 Å². The van der Waals surface area contributed by atoms with Gasteiger partial charge in [0.15, 0.2) is 0 Å². The summed E-state index contributed by atoms with van der Waals surface area (Å²) in [5, 5.41) is 3.03. The maximum absolute atomic E-state index is 5.98. The number of rotatable bonds is 4. The van der Waals surface area contributed by atoms with E-state index in [0.717, 1.165) is 17.1 Å². The molecule has 0 saturated carbocycles. The number of hydrogen-bond donors (Lipinski definition) is 1. The Morgan fingerprint density at radius 3 is 2.58 bits per heavy atom. The molecule has 0 saturated heterocycles. The predicted octanol–water partition coefficient (Wildman–Crippen LogP) is 3.63. The van der Waals surface area contributed by atoms with Gasteiger partial charge in [-0.05, 0) is 55.2 Å². The maximum Gasteiger partial charge on any atom is 0.126 e. The largest absolute Gasteiger partial charge is 0.488 e. The first-order chi connectivity index (χ1) is 9.11. The molecule has 3 heteroatoms. The fourth-order valence-electron chi connectivity index (χ4n) is 2.00. The molecule has 1 N–H and O–H groups in total. The van der Waals surface area contributed by atoms with Gasteiger partial charge in [-0.1, -0.05) is 12.1 Å². The molecule has 1 aromatic carbocycles. The Balaban J connectivity index is 2.16. The van der Waals surface area contributed by atoms with Gasteiger partial charge in [-0.2, -0.15) is 0 Å². The lowest BCUT2D eigenvalue weighted by Crippen LogP contribution is -2.01. The van der Waals surface area contributed by atoms with Gasteiger partial charge in [0.2, 0.25) is 0 Å². The molecule has 0 amide bonds. The Morgan fingerprint density at radius 2 is 1.84 bits per heavy atom. The number of nitrogens with zero attached hydrogens (tertiary/aromatic N) is 1. The number of aromatic nitrogens is 1. The van der Waals surface area contributed by atoms with E-state index in [1.165, 1.54) is 16.7 Å². The van der Waals surface area contributed by atoms with Crippen molar-refractivity contribution in [3.05, 3.63) is 52.7 Å². The van der Waals surface area contributed by atoms with Crippen molar-refractivity contribution in [2.75, 3.05) is 12.4 Å². The monoisotopic (exact) mass is 256 g/mol. The van der Waals surface area contributed by atoms with Crippen LogP contribution < -0.4 is 10.1 Å². The standard InChI is InChI=1S/C16H20N2O/c1-11-5-6-12(2)16(13(11)3)19-10-14-7-8-18-15(9-14)17-4/h5-9H,10H2,1-4H3,(H,17,18). The summed E-state index contributed by atoms with van der Waals surface area (Å²) in [7, 11) is 1.86. The minimum atomic E-state index is 0.558. The predicted molar refractivity (Wildman–Crippen MR) is 78.8 cm³/mol. The van der Waals surface area contributed by atoms with Crippen molar-refractivity contribution in [3.63, 3.8) is 0 Å². The first-order valence-electron chi connectivity index (χ1n) is 6.44. The third-order valence-corrected chi connectivity index (χ3v) is 3.34. The molecule has 1 aromatic heterocycles. The minimum absolute atomic E-state index is 0.558. The van der Waals surface area contributed by atoms with Crippen LogP contribution in [-0.4, -0.2) is 12.0 Å². The van der Waals surface area contributed by atoms with E-state index in [2.05, 4.69) is 43.2 Å². The number of aryl methyl sites for hydroxylation is 2. The number of ether oxygens (including phenoxy) is 1. The molecule has 0 unspecified atom stereocenters. The Bertz CT molecular complexity index is 579. The van der Waals surface area contributed by atoms with E-state index < -0.39 is 0 Å². The van der Waals surface area contributed by atoms with Crippen molar-refractivity contribution in [3.8, 4) is 5.75 Å². The van der Waals surface area contributed by atoms with Crippen LogP contribution in [0.15, 0.2) is 30.5 Å². The fourth-order valence-corrected chi connectivity index (χ4v) is 2.00. The van der Waals surface area contributed by atoms with E-state index in [9.17, 15) is 0 Å². The van der Waals surface area contributed by atoms with Crippen LogP contribution in [0.5, 0.6) is 5.75 Å². The summed E-state index contributed by atoms with van der Waals surface area (Å²) in [5.74, 6) is 1.85. The third-order valence-electron chi connectivity index (χ3n) is 3.34. The highest BCUT2D eigenvalue weighted by Crippen LogP contribution is 2.26. The van der Waals surface area contributed by atoms with Crippen molar-refractivity contribution < 1.29 is 4.74 Å². The van der Waals surface area contributed by atoms with E-state index in [0.29, 0.717) is 6.61 Å². The number of anilines is 1. The second-order valence-corrected chi connectivity index (χ2v) is 4.74. The molecule has 0 spiro atoms. The molecule has 0 fully saturated rings. The molecule has 0 atom stereocenters. The first kappa shape index (κ1) is 13.4. The maximum atomic E-state index is 5.98. The summed E-state index contributed by atoms with van der Waals surface area (Å²) < 4.78 is 5.98. The van der Waals surface area contributed by atoms with Crippen LogP contribution in [0.25, 0.3) is 0 Å². The lowest BCUT2D eigenvalue weighted by Gasteiger charge is -2.14. The zero-order chi connectivity index (χ0) is 13.8. The van der Waals surface area contributed by atoms with Gasteiger partial charge in [0, 0.05) is 13.2 Å². The molecule has 2 aromatic rings. The van der Waals surface area contributed by atoms with Crippen LogP contribution in [0.1, 0.15) is 22.3 Å². The summed E-state index contributed by atoms with van der Waals surface area (Å²) in [4.78, 5) is 4.20. The van der Waals surface area contributed by atoms with E-state index >= 15 is 0 Å². The molecule has 19 heavy (non-hydrogen) atoms. The number of pyridine rings is 1.